The Kier molecular flexibility index (Phi) is 3.59. The monoisotopic (exact) mass is 221 g/mol. The fraction of sp³-hybridized carbons (Fsp3) is 0.538. The van der Waals surface area contributed by atoms with Crippen LogP contribution >= 0.6 is 0 Å². The van der Waals surface area contributed by atoms with Gasteiger partial charge in [0.25, 0.3) is 0 Å². The fourth-order valence-electron chi connectivity index (χ4n) is 2.09. The summed E-state index contributed by atoms with van der Waals surface area (Å²) in [5.74, 6) is -0.596. The highest BCUT2D eigenvalue weighted by atomic mass is 16.7. The zero-order valence-corrected chi connectivity index (χ0v) is 9.74. The van der Waals surface area contributed by atoms with Gasteiger partial charge in [0.2, 0.25) is 0 Å². The molecule has 16 heavy (non-hydrogen) atoms. The molecule has 1 fully saturated rings. The minimum absolute atomic E-state index is 0.565. The number of nitrogens with two attached hydrogens (primary N) is 1. The van der Waals surface area contributed by atoms with Gasteiger partial charge in [0.1, 0.15) is 0 Å². The molecule has 1 heterocycles. The maximum Gasteiger partial charge on any atom is 0.196 e. The standard InChI is InChI=1S/C13H19NO2/c1-2-11-3-5-12(6-4-11)13(7-8-14)15-9-10-16-13/h3-6H,2,7-10,14H2,1H3. The Balaban J connectivity index is 2.24. The molecule has 1 saturated heterocycles. The van der Waals surface area contributed by atoms with Gasteiger partial charge in [0.05, 0.1) is 13.2 Å². The number of aryl methyl sites for hydroxylation is 1. The van der Waals surface area contributed by atoms with Crippen LogP contribution in [0.2, 0.25) is 0 Å². The Morgan fingerprint density at radius 1 is 1.19 bits per heavy atom. The molecular formula is C13H19NO2. The molecule has 0 spiro atoms. The van der Waals surface area contributed by atoms with Crippen LogP contribution in [0.1, 0.15) is 24.5 Å². The average Bonchev–Trinajstić information content (AvgIpc) is 2.80. The van der Waals surface area contributed by atoms with Crippen molar-refractivity contribution in [1.82, 2.24) is 0 Å². The van der Waals surface area contributed by atoms with Gasteiger partial charge in [-0.3, -0.25) is 0 Å². The van der Waals surface area contributed by atoms with Gasteiger partial charge >= 0.3 is 0 Å². The van der Waals surface area contributed by atoms with E-state index in [9.17, 15) is 0 Å². The van der Waals surface area contributed by atoms with E-state index in [0.29, 0.717) is 26.2 Å². The summed E-state index contributed by atoms with van der Waals surface area (Å²) in [4.78, 5) is 0. The van der Waals surface area contributed by atoms with E-state index in [1.807, 2.05) is 0 Å². The van der Waals surface area contributed by atoms with Gasteiger partial charge < -0.3 is 15.2 Å². The van der Waals surface area contributed by atoms with Crippen molar-refractivity contribution in [3.05, 3.63) is 35.4 Å². The van der Waals surface area contributed by atoms with Crippen LogP contribution in [-0.4, -0.2) is 19.8 Å². The third-order valence-corrected chi connectivity index (χ3v) is 3.03. The molecular weight excluding hydrogens is 202 g/mol. The lowest BCUT2D eigenvalue weighted by molar-refractivity contribution is -0.168. The van der Waals surface area contributed by atoms with E-state index >= 15 is 0 Å². The molecule has 3 nitrogen and oxygen atoms in total. The predicted octanol–water partition coefficient (Wildman–Crippen LogP) is 1.80. The van der Waals surface area contributed by atoms with Crippen LogP contribution in [0.15, 0.2) is 24.3 Å². The van der Waals surface area contributed by atoms with Crippen molar-refractivity contribution in [2.45, 2.75) is 25.6 Å². The van der Waals surface area contributed by atoms with Crippen LogP contribution in [0.25, 0.3) is 0 Å². The third kappa shape index (κ3) is 2.12. The summed E-state index contributed by atoms with van der Waals surface area (Å²) in [6.45, 7) is 4.01. The van der Waals surface area contributed by atoms with Gasteiger partial charge in [-0.2, -0.15) is 0 Å². The second kappa shape index (κ2) is 4.95. The van der Waals surface area contributed by atoms with E-state index in [1.54, 1.807) is 0 Å². The lowest BCUT2D eigenvalue weighted by atomic mass is 10.0. The summed E-state index contributed by atoms with van der Waals surface area (Å²) in [5.41, 5.74) is 8.03. The molecule has 0 saturated carbocycles. The van der Waals surface area contributed by atoms with Crippen LogP contribution < -0.4 is 5.73 Å². The maximum atomic E-state index is 5.74. The maximum absolute atomic E-state index is 5.74. The molecule has 1 aromatic rings. The second-order valence-corrected chi connectivity index (χ2v) is 4.04. The lowest BCUT2D eigenvalue weighted by Crippen LogP contribution is -2.30. The number of hydrogen-bond donors (Lipinski definition) is 1. The Morgan fingerprint density at radius 3 is 2.31 bits per heavy atom. The van der Waals surface area contributed by atoms with Gasteiger partial charge in [-0.25, -0.2) is 0 Å². The van der Waals surface area contributed by atoms with E-state index in [-0.39, 0.29) is 0 Å². The summed E-state index contributed by atoms with van der Waals surface area (Å²) in [6.07, 6.45) is 1.75. The molecule has 0 radical (unpaired) electrons. The highest BCUT2D eigenvalue weighted by Gasteiger charge is 2.37. The van der Waals surface area contributed by atoms with Crippen molar-refractivity contribution in [3.63, 3.8) is 0 Å². The van der Waals surface area contributed by atoms with Crippen molar-refractivity contribution < 1.29 is 9.47 Å². The third-order valence-electron chi connectivity index (χ3n) is 3.03. The van der Waals surface area contributed by atoms with Crippen LogP contribution in [0, 0.1) is 0 Å². The zero-order valence-electron chi connectivity index (χ0n) is 9.74. The van der Waals surface area contributed by atoms with E-state index in [1.165, 1.54) is 5.56 Å². The minimum atomic E-state index is -0.596. The Labute approximate surface area is 96.5 Å². The Hall–Kier alpha value is -0.900. The molecule has 0 atom stereocenters. The molecule has 1 aliphatic heterocycles. The predicted molar refractivity (Wildman–Crippen MR) is 63.1 cm³/mol. The van der Waals surface area contributed by atoms with Crippen LogP contribution in [-0.2, 0) is 21.7 Å². The summed E-state index contributed by atoms with van der Waals surface area (Å²) in [6, 6.07) is 8.41. The number of ether oxygens (including phenoxy) is 2. The first-order valence-electron chi connectivity index (χ1n) is 5.88. The van der Waals surface area contributed by atoms with Crippen LogP contribution in [0.5, 0.6) is 0 Å². The van der Waals surface area contributed by atoms with E-state index in [0.717, 1.165) is 12.0 Å². The first-order chi connectivity index (χ1) is 7.80. The van der Waals surface area contributed by atoms with Gasteiger partial charge in [0, 0.05) is 12.0 Å². The fourth-order valence-corrected chi connectivity index (χ4v) is 2.09. The highest BCUT2D eigenvalue weighted by Crippen LogP contribution is 2.34. The van der Waals surface area contributed by atoms with Gasteiger partial charge in [-0.1, -0.05) is 31.2 Å². The van der Waals surface area contributed by atoms with E-state index in [2.05, 4.69) is 31.2 Å². The van der Waals surface area contributed by atoms with Crippen molar-refractivity contribution >= 4 is 0 Å². The summed E-state index contributed by atoms with van der Waals surface area (Å²) >= 11 is 0. The number of rotatable bonds is 4. The molecule has 0 aliphatic carbocycles. The van der Waals surface area contributed by atoms with Gasteiger partial charge in [-0.05, 0) is 18.5 Å². The summed E-state index contributed by atoms with van der Waals surface area (Å²) in [5, 5.41) is 0. The smallest absolute Gasteiger partial charge is 0.196 e. The largest absolute Gasteiger partial charge is 0.343 e. The average molecular weight is 221 g/mol. The molecule has 2 rings (SSSR count). The highest BCUT2D eigenvalue weighted by molar-refractivity contribution is 5.26. The van der Waals surface area contributed by atoms with Gasteiger partial charge in [0.15, 0.2) is 5.79 Å². The lowest BCUT2D eigenvalue weighted by Gasteiger charge is -2.27. The van der Waals surface area contributed by atoms with Crippen molar-refractivity contribution in [1.29, 1.82) is 0 Å². The first-order valence-corrected chi connectivity index (χ1v) is 5.88. The normalized spacial score (nSPS) is 18.9. The topological polar surface area (TPSA) is 44.5 Å². The van der Waals surface area contributed by atoms with E-state index in [4.69, 9.17) is 15.2 Å². The van der Waals surface area contributed by atoms with E-state index < -0.39 is 5.79 Å². The van der Waals surface area contributed by atoms with Crippen molar-refractivity contribution in [2.24, 2.45) is 5.73 Å². The zero-order chi connectivity index (χ0) is 11.4. The quantitative estimate of drug-likeness (QED) is 0.843. The first kappa shape index (κ1) is 11.6. The molecule has 0 amide bonds. The molecule has 0 bridgehead atoms. The van der Waals surface area contributed by atoms with Crippen molar-refractivity contribution in [2.75, 3.05) is 19.8 Å². The minimum Gasteiger partial charge on any atom is -0.343 e. The van der Waals surface area contributed by atoms with Gasteiger partial charge in [-0.15, -0.1) is 0 Å². The Bertz CT molecular complexity index is 328. The molecule has 88 valence electrons. The number of benzene rings is 1. The molecule has 1 aliphatic rings. The Morgan fingerprint density at radius 2 is 1.81 bits per heavy atom. The SMILES string of the molecule is CCc1ccc(C2(CCN)OCCO2)cc1. The molecule has 0 aromatic heterocycles. The summed E-state index contributed by atoms with van der Waals surface area (Å²) in [7, 11) is 0. The number of hydrogen-bond acceptors (Lipinski definition) is 3. The molecule has 1 aromatic carbocycles. The molecule has 0 unspecified atom stereocenters. The van der Waals surface area contributed by atoms with Crippen molar-refractivity contribution in [3.8, 4) is 0 Å². The molecule has 2 N–H and O–H groups in total. The second-order valence-electron chi connectivity index (χ2n) is 4.04. The summed E-state index contributed by atoms with van der Waals surface area (Å²) < 4.78 is 11.5. The van der Waals surface area contributed by atoms with Crippen LogP contribution in [0.3, 0.4) is 0 Å². The van der Waals surface area contributed by atoms with Crippen LogP contribution in [0.4, 0.5) is 0 Å². The molecule has 3 heteroatoms.